The van der Waals surface area contributed by atoms with E-state index in [0.717, 1.165) is 83.5 Å². The average molecular weight is 843 g/mol. The summed E-state index contributed by atoms with van der Waals surface area (Å²) in [5.74, 6) is -0.884. The maximum atomic E-state index is 12.8. The summed E-state index contributed by atoms with van der Waals surface area (Å²) in [5.41, 5.74) is 0. The molecule has 0 saturated heterocycles. The van der Waals surface area contributed by atoms with E-state index in [1.165, 1.54) is 148 Å². The van der Waals surface area contributed by atoms with Crippen molar-refractivity contribution < 1.29 is 28.6 Å². The molecule has 0 aromatic carbocycles. The molecule has 0 fully saturated rings. The van der Waals surface area contributed by atoms with Crippen LogP contribution in [0.3, 0.4) is 0 Å². The molecular weight excluding hydrogens is 745 g/mol. The zero-order valence-electron chi connectivity index (χ0n) is 40.0. The molecule has 6 nitrogen and oxygen atoms in total. The molecule has 0 aliphatic carbocycles. The largest absolute Gasteiger partial charge is 0.462 e. The van der Waals surface area contributed by atoms with E-state index in [-0.39, 0.29) is 31.1 Å². The molecule has 0 saturated carbocycles. The van der Waals surface area contributed by atoms with Crippen molar-refractivity contribution in [2.45, 2.75) is 277 Å². The first-order chi connectivity index (χ1) is 29.5. The third kappa shape index (κ3) is 46.7. The van der Waals surface area contributed by atoms with Gasteiger partial charge in [0.25, 0.3) is 0 Å². The van der Waals surface area contributed by atoms with Crippen LogP contribution in [-0.2, 0) is 28.6 Å². The van der Waals surface area contributed by atoms with Gasteiger partial charge in [-0.2, -0.15) is 0 Å². The van der Waals surface area contributed by atoms with Crippen molar-refractivity contribution in [2.75, 3.05) is 13.2 Å². The number of carbonyl (C=O) groups is 3. The lowest BCUT2D eigenvalue weighted by Crippen LogP contribution is -2.30. The van der Waals surface area contributed by atoms with Gasteiger partial charge >= 0.3 is 17.9 Å². The van der Waals surface area contributed by atoms with Crippen LogP contribution in [0.4, 0.5) is 0 Å². The van der Waals surface area contributed by atoms with Crippen LogP contribution in [0.1, 0.15) is 271 Å². The predicted octanol–water partition coefficient (Wildman–Crippen LogP) is 16.9. The molecule has 0 amide bonds. The number of hydrogen-bond donors (Lipinski definition) is 0. The van der Waals surface area contributed by atoms with E-state index in [2.05, 4.69) is 57.2 Å². The summed E-state index contributed by atoms with van der Waals surface area (Å²) in [7, 11) is 0. The molecule has 0 bridgehead atoms. The number of ether oxygens (including phenoxy) is 3. The summed E-state index contributed by atoms with van der Waals surface area (Å²) in [6.07, 6.45) is 56.9. The maximum absolute atomic E-state index is 12.8. The topological polar surface area (TPSA) is 78.9 Å². The molecule has 1 atom stereocenters. The van der Waals surface area contributed by atoms with E-state index < -0.39 is 6.10 Å². The SMILES string of the molecule is CCCCC/C=C\CCCCCCCC(=O)OC(COC(=O)CCCCCCCCC/C=C\C/C=C\CCCCCC)COC(=O)CCCCCCCCCCCCCC. The van der Waals surface area contributed by atoms with E-state index in [1.54, 1.807) is 0 Å². The minimum atomic E-state index is -0.775. The van der Waals surface area contributed by atoms with Crippen LogP contribution >= 0.6 is 0 Å². The molecule has 0 aromatic heterocycles. The molecule has 60 heavy (non-hydrogen) atoms. The Hall–Kier alpha value is -2.37. The van der Waals surface area contributed by atoms with Crippen molar-refractivity contribution in [3.8, 4) is 0 Å². The summed E-state index contributed by atoms with van der Waals surface area (Å²) >= 11 is 0. The highest BCUT2D eigenvalue weighted by Gasteiger charge is 2.19. The van der Waals surface area contributed by atoms with E-state index in [0.29, 0.717) is 19.3 Å². The number of hydrogen-bond acceptors (Lipinski definition) is 6. The third-order valence-corrected chi connectivity index (χ3v) is 11.4. The standard InChI is InChI=1S/C54H98O6/c1-4-7-10-13-16-19-22-25-26-27-28-29-30-33-35-38-41-44-47-53(56)59-50-51(60-54(57)48-45-42-39-36-32-24-21-18-15-12-9-6-3)49-58-52(55)46-43-40-37-34-31-23-20-17-14-11-8-5-2/h18-19,21-22,26-27,51H,4-17,20,23-25,28-50H2,1-3H3/b21-18-,22-19-,27-26-. The van der Waals surface area contributed by atoms with E-state index in [9.17, 15) is 14.4 Å². The van der Waals surface area contributed by atoms with Gasteiger partial charge in [0.15, 0.2) is 6.10 Å². The second-order valence-corrected chi connectivity index (χ2v) is 17.4. The lowest BCUT2D eigenvalue weighted by atomic mass is 10.0. The Morgan fingerprint density at radius 3 is 0.983 bits per heavy atom. The molecule has 0 aromatic rings. The Morgan fingerprint density at radius 2 is 0.600 bits per heavy atom. The van der Waals surface area contributed by atoms with Gasteiger partial charge in [-0.1, -0.05) is 211 Å². The average Bonchev–Trinajstić information content (AvgIpc) is 3.24. The molecule has 0 heterocycles. The second-order valence-electron chi connectivity index (χ2n) is 17.4. The fourth-order valence-corrected chi connectivity index (χ4v) is 7.41. The van der Waals surface area contributed by atoms with Crippen LogP contribution in [0, 0.1) is 0 Å². The molecular formula is C54H98O6. The molecule has 1 unspecified atom stereocenters. The fraction of sp³-hybridized carbons (Fsp3) is 0.833. The molecule has 0 aliphatic rings. The van der Waals surface area contributed by atoms with Crippen molar-refractivity contribution in [1.82, 2.24) is 0 Å². The van der Waals surface area contributed by atoms with Gasteiger partial charge in [0.1, 0.15) is 13.2 Å². The Balaban J connectivity index is 4.34. The first kappa shape index (κ1) is 57.6. The molecule has 0 radical (unpaired) electrons. The Labute approximate surface area is 372 Å². The summed E-state index contributed by atoms with van der Waals surface area (Å²) in [6, 6.07) is 0. The smallest absolute Gasteiger partial charge is 0.306 e. The predicted molar refractivity (Wildman–Crippen MR) is 256 cm³/mol. The molecule has 350 valence electrons. The minimum Gasteiger partial charge on any atom is -0.462 e. The molecule has 0 aliphatic heterocycles. The normalized spacial score (nSPS) is 12.2. The first-order valence-corrected chi connectivity index (χ1v) is 26.0. The van der Waals surface area contributed by atoms with Gasteiger partial charge in [-0.3, -0.25) is 14.4 Å². The minimum absolute atomic E-state index is 0.0753. The molecule has 0 N–H and O–H groups in total. The van der Waals surface area contributed by atoms with Gasteiger partial charge in [0.05, 0.1) is 0 Å². The monoisotopic (exact) mass is 843 g/mol. The summed E-state index contributed by atoms with van der Waals surface area (Å²) in [4.78, 5) is 37.9. The number of allylic oxidation sites excluding steroid dienone is 6. The van der Waals surface area contributed by atoms with Crippen molar-refractivity contribution >= 4 is 17.9 Å². The highest BCUT2D eigenvalue weighted by Crippen LogP contribution is 2.15. The Morgan fingerprint density at radius 1 is 0.333 bits per heavy atom. The van der Waals surface area contributed by atoms with Gasteiger partial charge in [-0.05, 0) is 77.0 Å². The summed E-state index contributed by atoms with van der Waals surface area (Å²) in [5, 5.41) is 0. The Bertz CT molecular complexity index is 1020. The van der Waals surface area contributed by atoms with Crippen LogP contribution in [-0.4, -0.2) is 37.2 Å². The number of carbonyl (C=O) groups excluding carboxylic acids is 3. The molecule has 6 heteroatoms. The molecule has 0 spiro atoms. The quantitative estimate of drug-likeness (QED) is 0.0263. The van der Waals surface area contributed by atoms with Crippen LogP contribution in [0.5, 0.6) is 0 Å². The summed E-state index contributed by atoms with van der Waals surface area (Å²) in [6.45, 7) is 6.60. The highest BCUT2D eigenvalue weighted by atomic mass is 16.6. The molecule has 0 rings (SSSR count). The van der Waals surface area contributed by atoms with Crippen molar-refractivity contribution in [3.63, 3.8) is 0 Å². The van der Waals surface area contributed by atoms with E-state index >= 15 is 0 Å². The zero-order valence-corrected chi connectivity index (χ0v) is 40.0. The Kier molecular flexibility index (Phi) is 47.3. The lowest BCUT2D eigenvalue weighted by molar-refractivity contribution is -0.167. The van der Waals surface area contributed by atoms with E-state index in [1.807, 2.05) is 0 Å². The highest BCUT2D eigenvalue weighted by molar-refractivity contribution is 5.71. The van der Waals surface area contributed by atoms with Crippen LogP contribution in [0.15, 0.2) is 36.5 Å². The van der Waals surface area contributed by atoms with Gasteiger partial charge < -0.3 is 14.2 Å². The van der Waals surface area contributed by atoms with Gasteiger partial charge in [-0.15, -0.1) is 0 Å². The number of unbranched alkanes of at least 4 members (excludes halogenated alkanes) is 30. The van der Waals surface area contributed by atoms with Crippen LogP contribution in [0.25, 0.3) is 0 Å². The maximum Gasteiger partial charge on any atom is 0.306 e. The van der Waals surface area contributed by atoms with Gasteiger partial charge in [-0.25, -0.2) is 0 Å². The zero-order chi connectivity index (χ0) is 43.7. The van der Waals surface area contributed by atoms with E-state index in [4.69, 9.17) is 14.2 Å². The summed E-state index contributed by atoms with van der Waals surface area (Å²) < 4.78 is 16.8. The third-order valence-electron chi connectivity index (χ3n) is 11.4. The first-order valence-electron chi connectivity index (χ1n) is 26.0. The fourth-order valence-electron chi connectivity index (χ4n) is 7.41. The van der Waals surface area contributed by atoms with Crippen molar-refractivity contribution in [1.29, 1.82) is 0 Å². The van der Waals surface area contributed by atoms with Crippen molar-refractivity contribution in [3.05, 3.63) is 36.5 Å². The van der Waals surface area contributed by atoms with Crippen LogP contribution in [0.2, 0.25) is 0 Å². The van der Waals surface area contributed by atoms with Gasteiger partial charge in [0.2, 0.25) is 0 Å². The number of rotatable bonds is 47. The van der Waals surface area contributed by atoms with Crippen LogP contribution < -0.4 is 0 Å². The van der Waals surface area contributed by atoms with Gasteiger partial charge in [0, 0.05) is 19.3 Å². The lowest BCUT2D eigenvalue weighted by Gasteiger charge is -2.18. The number of esters is 3. The second kappa shape index (κ2) is 49.3. The van der Waals surface area contributed by atoms with Crippen molar-refractivity contribution in [2.24, 2.45) is 0 Å².